The molecule has 0 spiro atoms. The molecule has 4 heteroatoms. The second-order valence-corrected chi connectivity index (χ2v) is 6.81. The number of nitrogens with zero attached hydrogens (tertiary/aromatic N) is 1. The maximum Gasteiger partial charge on any atom is 0.0680 e. The van der Waals surface area contributed by atoms with Crippen LogP contribution in [0, 0.1) is 0 Å². The van der Waals surface area contributed by atoms with Crippen molar-refractivity contribution in [3.05, 3.63) is 33.8 Å². The fraction of sp³-hybridized carbons (Fsp3) is 0.625. The summed E-state index contributed by atoms with van der Waals surface area (Å²) in [7, 11) is 6.04. The number of methoxy groups -OCH3 is 1. The van der Waals surface area contributed by atoms with Crippen LogP contribution in [0.3, 0.4) is 0 Å². The summed E-state index contributed by atoms with van der Waals surface area (Å²) in [5, 5.41) is 1.24. The number of hydrogen-bond acceptors (Lipinski definition) is 2. The zero-order valence-electron chi connectivity index (χ0n) is 12.5. The maximum absolute atomic E-state index is 6.24. The Morgan fingerprint density at radius 3 is 2.60 bits per heavy atom. The molecule has 0 aliphatic heterocycles. The quantitative estimate of drug-likeness (QED) is 0.817. The molecule has 0 amide bonds. The van der Waals surface area contributed by atoms with Gasteiger partial charge < -0.3 is 9.64 Å². The molecule has 1 fully saturated rings. The van der Waals surface area contributed by atoms with Gasteiger partial charge in [-0.25, -0.2) is 0 Å². The number of halogens is 2. The lowest BCUT2D eigenvalue weighted by Crippen LogP contribution is -2.50. The van der Waals surface area contributed by atoms with Crippen LogP contribution < -0.4 is 0 Å². The van der Waals surface area contributed by atoms with Crippen molar-refractivity contribution in [3.63, 3.8) is 0 Å². The summed E-state index contributed by atoms with van der Waals surface area (Å²) in [6.45, 7) is 0.962. The van der Waals surface area contributed by atoms with E-state index in [1.54, 1.807) is 0 Å². The number of hydrogen-bond donors (Lipinski definition) is 0. The van der Waals surface area contributed by atoms with Crippen molar-refractivity contribution in [1.82, 2.24) is 4.90 Å². The molecule has 0 aromatic heterocycles. The molecule has 0 heterocycles. The second-order valence-electron chi connectivity index (χ2n) is 5.99. The molecule has 0 saturated heterocycles. The van der Waals surface area contributed by atoms with E-state index in [9.17, 15) is 0 Å². The lowest BCUT2D eigenvalue weighted by Gasteiger charge is -2.45. The van der Waals surface area contributed by atoms with Gasteiger partial charge in [0, 0.05) is 19.1 Å². The zero-order valence-corrected chi connectivity index (χ0v) is 14.0. The summed E-state index contributed by atoms with van der Waals surface area (Å²) >= 11 is 12.3. The third-order valence-corrected chi connectivity index (χ3v) is 5.07. The maximum atomic E-state index is 6.24. The first-order valence-electron chi connectivity index (χ1n) is 7.12. The van der Waals surface area contributed by atoms with Crippen molar-refractivity contribution >= 4 is 23.2 Å². The topological polar surface area (TPSA) is 12.5 Å². The van der Waals surface area contributed by atoms with Gasteiger partial charge in [0.2, 0.25) is 0 Å². The molecule has 1 aliphatic carbocycles. The van der Waals surface area contributed by atoms with E-state index in [2.05, 4.69) is 25.1 Å². The summed E-state index contributed by atoms with van der Waals surface area (Å²) < 4.78 is 5.83. The van der Waals surface area contributed by atoms with Crippen LogP contribution in [-0.4, -0.2) is 38.8 Å². The average molecular weight is 316 g/mol. The molecule has 112 valence electrons. The minimum absolute atomic E-state index is 0.00469. The van der Waals surface area contributed by atoms with E-state index in [0.717, 1.165) is 19.4 Å². The molecule has 0 N–H and O–H groups in total. The van der Waals surface area contributed by atoms with Crippen LogP contribution >= 0.6 is 23.2 Å². The smallest absolute Gasteiger partial charge is 0.0680 e. The van der Waals surface area contributed by atoms with E-state index < -0.39 is 0 Å². The zero-order chi connectivity index (χ0) is 14.8. The Hall–Kier alpha value is -0.280. The molecule has 2 rings (SSSR count). The molecule has 2 nitrogen and oxygen atoms in total. The van der Waals surface area contributed by atoms with E-state index >= 15 is 0 Å². The summed E-state index contributed by atoms with van der Waals surface area (Å²) in [4.78, 5) is 2.24. The molecule has 1 aliphatic rings. The van der Waals surface area contributed by atoms with E-state index in [0.29, 0.717) is 10.0 Å². The number of likely N-dealkylation sites (N-methyl/N-ethyl adjacent to an activating group) is 1. The predicted molar refractivity (Wildman–Crippen MR) is 86.0 cm³/mol. The van der Waals surface area contributed by atoms with Crippen LogP contribution in [0.5, 0.6) is 0 Å². The standard InChI is InChI=1S/C16H23Cl2NO/c1-19(2)11-16(9-5-4-6-15(16)20-3)12-7-8-13(17)14(18)10-12/h7-8,10,15H,4-6,9,11H2,1-3H3/t15-,16+/m1/s1. The van der Waals surface area contributed by atoms with Crippen LogP contribution in [0.15, 0.2) is 18.2 Å². The summed E-state index contributed by atoms with van der Waals surface area (Å²) in [6, 6.07) is 6.03. The Balaban J connectivity index is 2.46. The Labute approximate surface area is 132 Å². The van der Waals surface area contributed by atoms with Crippen molar-refractivity contribution in [2.75, 3.05) is 27.7 Å². The van der Waals surface area contributed by atoms with E-state index in [1.165, 1.54) is 18.4 Å². The van der Waals surface area contributed by atoms with Crippen LogP contribution in [0.1, 0.15) is 31.2 Å². The van der Waals surface area contributed by atoms with Gasteiger partial charge in [0.25, 0.3) is 0 Å². The summed E-state index contributed by atoms with van der Waals surface area (Å²) in [5.41, 5.74) is 1.25. The number of ether oxygens (including phenoxy) is 1. The van der Waals surface area contributed by atoms with Gasteiger partial charge in [0.15, 0.2) is 0 Å². The fourth-order valence-corrected chi connectivity index (χ4v) is 3.82. The molecular weight excluding hydrogens is 293 g/mol. The molecule has 2 atom stereocenters. The van der Waals surface area contributed by atoms with Crippen molar-refractivity contribution in [2.45, 2.75) is 37.2 Å². The minimum Gasteiger partial charge on any atom is -0.380 e. The van der Waals surface area contributed by atoms with Gasteiger partial charge in [-0.1, -0.05) is 42.1 Å². The minimum atomic E-state index is 0.00469. The van der Waals surface area contributed by atoms with Gasteiger partial charge in [-0.05, 0) is 44.6 Å². The monoisotopic (exact) mass is 315 g/mol. The first-order chi connectivity index (χ1) is 9.49. The number of rotatable bonds is 4. The van der Waals surface area contributed by atoms with Gasteiger partial charge in [-0.3, -0.25) is 0 Å². The van der Waals surface area contributed by atoms with E-state index in [1.807, 2.05) is 19.2 Å². The van der Waals surface area contributed by atoms with Gasteiger partial charge >= 0.3 is 0 Å². The van der Waals surface area contributed by atoms with Crippen LogP contribution in [-0.2, 0) is 10.2 Å². The lowest BCUT2D eigenvalue weighted by atomic mass is 9.67. The molecule has 1 aromatic carbocycles. The molecule has 0 bridgehead atoms. The predicted octanol–water partition coefficient (Wildman–Crippen LogP) is 4.38. The SMILES string of the molecule is CO[C@@H]1CCCC[C@]1(CN(C)C)c1ccc(Cl)c(Cl)c1. The molecular formula is C16H23Cl2NO. The Kier molecular flexibility index (Phi) is 5.36. The lowest BCUT2D eigenvalue weighted by molar-refractivity contribution is -0.00947. The van der Waals surface area contributed by atoms with Gasteiger partial charge in [-0.15, -0.1) is 0 Å². The Bertz CT molecular complexity index is 464. The van der Waals surface area contributed by atoms with Crippen molar-refractivity contribution in [2.24, 2.45) is 0 Å². The van der Waals surface area contributed by atoms with Crippen LogP contribution in [0.4, 0.5) is 0 Å². The highest BCUT2D eigenvalue weighted by molar-refractivity contribution is 6.42. The largest absolute Gasteiger partial charge is 0.380 e. The van der Waals surface area contributed by atoms with Crippen molar-refractivity contribution in [3.8, 4) is 0 Å². The molecule has 0 unspecified atom stereocenters. The number of benzene rings is 1. The van der Waals surface area contributed by atoms with E-state index in [-0.39, 0.29) is 11.5 Å². The highest BCUT2D eigenvalue weighted by atomic mass is 35.5. The van der Waals surface area contributed by atoms with Gasteiger partial charge in [-0.2, -0.15) is 0 Å². The first kappa shape index (κ1) is 16.1. The molecule has 1 aromatic rings. The Morgan fingerprint density at radius 2 is 2.00 bits per heavy atom. The molecule has 1 saturated carbocycles. The van der Waals surface area contributed by atoms with Gasteiger partial charge in [0.05, 0.1) is 16.1 Å². The highest BCUT2D eigenvalue weighted by Crippen LogP contribution is 2.43. The summed E-state index contributed by atoms with van der Waals surface area (Å²) in [6.07, 6.45) is 4.92. The third kappa shape index (κ3) is 3.14. The molecule has 0 radical (unpaired) electrons. The average Bonchev–Trinajstić information content (AvgIpc) is 2.41. The normalized spacial score (nSPS) is 27.0. The molecule has 20 heavy (non-hydrogen) atoms. The van der Waals surface area contributed by atoms with Crippen LogP contribution in [0.25, 0.3) is 0 Å². The van der Waals surface area contributed by atoms with Crippen LogP contribution in [0.2, 0.25) is 10.0 Å². The van der Waals surface area contributed by atoms with E-state index in [4.69, 9.17) is 27.9 Å². The second kappa shape index (κ2) is 6.65. The van der Waals surface area contributed by atoms with Gasteiger partial charge in [0.1, 0.15) is 0 Å². The third-order valence-electron chi connectivity index (χ3n) is 4.33. The fourth-order valence-electron chi connectivity index (χ4n) is 3.52. The highest BCUT2D eigenvalue weighted by Gasteiger charge is 2.43. The first-order valence-corrected chi connectivity index (χ1v) is 7.88. The van der Waals surface area contributed by atoms with Crippen molar-refractivity contribution < 1.29 is 4.74 Å². The Morgan fingerprint density at radius 1 is 1.25 bits per heavy atom. The van der Waals surface area contributed by atoms with Crippen molar-refractivity contribution in [1.29, 1.82) is 0 Å². The summed E-state index contributed by atoms with van der Waals surface area (Å²) in [5.74, 6) is 0.